The third-order valence-electron chi connectivity index (χ3n) is 4.10. The Morgan fingerprint density at radius 3 is 2.26 bits per heavy atom. The van der Waals surface area contributed by atoms with Gasteiger partial charge in [0.25, 0.3) is 0 Å². The van der Waals surface area contributed by atoms with Crippen molar-refractivity contribution in [2.24, 2.45) is 0 Å². The van der Waals surface area contributed by atoms with Crippen molar-refractivity contribution in [3.63, 3.8) is 0 Å². The Bertz CT molecular complexity index is 635. The third-order valence-corrected chi connectivity index (χ3v) is 4.68. The molecule has 0 aliphatic carbocycles. The highest BCUT2D eigenvalue weighted by Crippen LogP contribution is 2.21. The average Bonchev–Trinajstić information content (AvgIpc) is 2.55. The van der Waals surface area contributed by atoms with Crippen molar-refractivity contribution in [2.75, 3.05) is 26.2 Å². The quantitative estimate of drug-likeness (QED) is 0.778. The van der Waals surface area contributed by atoms with Crippen LogP contribution < -0.4 is 0 Å². The molecular weight excluding hydrogens is 336 g/mol. The van der Waals surface area contributed by atoms with E-state index < -0.39 is 0 Å². The second-order valence-corrected chi connectivity index (χ2v) is 6.54. The molecule has 2 heterocycles. The molecule has 0 saturated carbocycles. The number of nitrogens with zero attached hydrogens (tertiary/aromatic N) is 3. The van der Waals surface area contributed by atoms with Crippen LogP contribution >= 0.6 is 23.2 Å². The maximum atomic E-state index is 13.9. The molecular formula is C17H18Cl2FN3. The summed E-state index contributed by atoms with van der Waals surface area (Å²) in [6, 6.07) is 8.65. The highest BCUT2D eigenvalue weighted by Gasteiger charge is 2.19. The summed E-state index contributed by atoms with van der Waals surface area (Å²) in [6.07, 6.45) is 1.81. The van der Waals surface area contributed by atoms with Gasteiger partial charge in [-0.05, 0) is 23.8 Å². The summed E-state index contributed by atoms with van der Waals surface area (Å²) in [5.41, 5.74) is 1.74. The van der Waals surface area contributed by atoms with E-state index in [1.54, 1.807) is 12.1 Å². The van der Waals surface area contributed by atoms with E-state index in [0.717, 1.165) is 38.3 Å². The summed E-state index contributed by atoms with van der Waals surface area (Å²) >= 11 is 11.9. The molecule has 122 valence electrons. The fourth-order valence-corrected chi connectivity index (χ4v) is 3.11. The van der Waals surface area contributed by atoms with E-state index in [4.69, 9.17) is 23.2 Å². The highest BCUT2D eigenvalue weighted by molar-refractivity contribution is 6.31. The van der Waals surface area contributed by atoms with Gasteiger partial charge in [-0.1, -0.05) is 35.3 Å². The van der Waals surface area contributed by atoms with Gasteiger partial charge in [-0.15, -0.1) is 0 Å². The molecule has 1 aliphatic rings. The van der Waals surface area contributed by atoms with Crippen LogP contribution in [0.15, 0.2) is 36.5 Å². The lowest BCUT2D eigenvalue weighted by molar-refractivity contribution is 0.121. The summed E-state index contributed by atoms with van der Waals surface area (Å²) in [5.74, 6) is -0.229. The zero-order valence-corrected chi connectivity index (χ0v) is 14.2. The van der Waals surface area contributed by atoms with Gasteiger partial charge in [0.1, 0.15) is 11.0 Å². The molecule has 2 aromatic rings. The Balaban J connectivity index is 1.53. The van der Waals surface area contributed by atoms with Crippen LogP contribution in [0.3, 0.4) is 0 Å². The van der Waals surface area contributed by atoms with Gasteiger partial charge in [0.15, 0.2) is 0 Å². The van der Waals surface area contributed by atoms with E-state index in [2.05, 4.69) is 14.8 Å². The van der Waals surface area contributed by atoms with Crippen molar-refractivity contribution >= 4 is 23.2 Å². The van der Waals surface area contributed by atoms with Crippen molar-refractivity contribution in [1.82, 2.24) is 14.8 Å². The number of hydrogen-bond acceptors (Lipinski definition) is 3. The van der Waals surface area contributed by atoms with Crippen LogP contribution in [0.4, 0.5) is 4.39 Å². The van der Waals surface area contributed by atoms with Crippen LogP contribution in [-0.2, 0) is 13.1 Å². The molecule has 0 amide bonds. The van der Waals surface area contributed by atoms with Gasteiger partial charge in [0.05, 0.1) is 0 Å². The topological polar surface area (TPSA) is 19.4 Å². The Morgan fingerprint density at radius 1 is 0.957 bits per heavy atom. The van der Waals surface area contributed by atoms with Crippen LogP contribution in [0.25, 0.3) is 0 Å². The van der Waals surface area contributed by atoms with Crippen molar-refractivity contribution in [3.8, 4) is 0 Å². The molecule has 0 atom stereocenters. The van der Waals surface area contributed by atoms with E-state index >= 15 is 0 Å². The Morgan fingerprint density at radius 2 is 1.65 bits per heavy atom. The first kappa shape index (κ1) is 16.7. The summed E-state index contributed by atoms with van der Waals surface area (Å²) in [5, 5.41) is 1.01. The number of piperazine rings is 1. The van der Waals surface area contributed by atoms with Crippen molar-refractivity contribution in [3.05, 3.63) is 63.6 Å². The van der Waals surface area contributed by atoms with Gasteiger partial charge in [-0.2, -0.15) is 0 Å². The van der Waals surface area contributed by atoms with Gasteiger partial charge < -0.3 is 0 Å². The molecule has 0 radical (unpaired) electrons. The monoisotopic (exact) mass is 353 g/mol. The second-order valence-electron chi connectivity index (χ2n) is 5.74. The SMILES string of the molecule is Fc1cccc(Cl)c1CN1CCN(Cc2ccc(Cl)nc2)CC1. The minimum absolute atomic E-state index is 0.229. The minimum atomic E-state index is -0.229. The summed E-state index contributed by atoms with van der Waals surface area (Å²) in [7, 11) is 0. The van der Waals surface area contributed by atoms with Gasteiger partial charge in [-0.3, -0.25) is 9.80 Å². The van der Waals surface area contributed by atoms with Crippen LogP contribution in [0, 0.1) is 5.82 Å². The Labute approximate surface area is 145 Å². The predicted octanol–water partition coefficient (Wildman–Crippen LogP) is 3.85. The first-order valence-corrected chi connectivity index (χ1v) is 8.35. The Kier molecular flexibility index (Phi) is 5.49. The lowest BCUT2D eigenvalue weighted by Gasteiger charge is -2.34. The van der Waals surface area contributed by atoms with Gasteiger partial charge in [0, 0.05) is 56.1 Å². The van der Waals surface area contributed by atoms with Crippen molar-refractivity contribution in [2.45, 2.75) is 13.1 Å². The molecule has 0 N–H and O–H groups in total. The molecule has 0 unspecified atom stereocenters. The van der Waals surface area contributed by atoms with E-state index in [0.29, 0.717) is 22.3 Å². The van der Waals surface area contributed by atoms with Gasteiger partial charge in [0.2, 0.25) is 0 Å². The number of rotatable bonds is 4. The number of hydrogen-bond donors (Lipinski definition) is 0. The van der Waals surface area contributed by atoms with Crippen LogP contribution in [0.5, 0.6) is 0 Å². The molecule has 0 bridgehead atoms. The number of pyridine rings is 1. The highest BCUT2D eigenvalue weighted by atomic mass is 35.5. The predicted molar refractivity (Wildman–Crippen MR) is 91.2 cm³/mol. The molecule has 3 nitrogen and oxygen atoms in total. The maximum absolute atomic E-state index is 13.9. The average molecular weight is 354 g/mol. The van der Waals surface area contributed by atoms with Crippen LogP contribution in [-0.4, -0.2) is 41.0 Å². The number of aromatic nitrogens is 1. The molecule has 1 aromatic heterocycles. The summed E-state index contributed by atoms with van der Waals surface area (Å²) in [4.78, 5) is 8.71. The number of halogens is 3. The zero-order valence-electron chi connectivity index (χ0n) is 12.7. The fourth-order valence-electron chi connectivity index (χ4n) is 2.77. The fraction of sp³-hybridized carbons (Fsp3) is 0.353. The molecule has 1 aliphatic heterocycles. The molecule has 1 fully saturated rings. The number of benzene rings is 1. The van der Waals surface area contributed by atoms with Crippen molar-refractivity contribution in [1.29, 1.82) is 0 Å². The summed E-state index contributed by atoms with van der Waals surface area (Å²) < 4.78 is 13.9. The molecule has 3 rings (SSSR count). The molecule has 23 heavy (non-hydrogen) atoms. The minimum Gasteiger partial charge on any atom is -0.296 e. The van der Waals surface area contributed by atoms with Gasteiger partial charge >= 0.3 is 0 Å². The van der Waals surface area contributed by atoms with E-state index in [1.165, 1.54) is 6.07 Å². The van der Waals surface area contributed by atoms with Crippen LogP contribution in [0.1, 0.15) is 11.1 Å². The lowest BCUT2D eigenvalue weighted by Crippen LogP contribution is -2.45. The molecule has 6 heteroatoms. The smallest absolute Gasteiger partial charge is 0.129 e. The first-order chi connectivity index (χ1) is 11.1. The standard InChI is InChI=1S/C17H18Cl2FN3/c18-15-2-1-3-16(20)14(15)12-23-8-6-22(7-9-23)11-13-4-5-17(19)21-10-13/h1-5,10H,6-9,11-12H2. The summed E-state index contributed by atoms with van der Waals surface area (Å²) in [6.45, 7) is 5.08. The van der Waals surface area contributed by atoms with Crippen LogP contribution in [0.2, 0.25) is 10.2 Å². The van der Waals surface area contributed by atoms with E-state index in [1.807, 2.05) is 18.3 Å². The molecule has 0 spiro atoms. The maximum Gasteiger partial charge on any atom is 0.129 e. The molecule has 1 saturated heterocycles. The normalized spacial score (nSPS) is 16.7. The first-order valence-electron chi connectivity index (χ1n) is 7.60. The van der Waals surface area contributed by atoms with Gasteiger partial charge in [-0.25, -0.2) is 9.37 Å². The van der Waals surface area contributed by atoms with E-state index in [-0.39, 0.29) is 5.82 Å². The lowest BCUT2D eigenvalue weighted by atomic mass is 10.1. The van der Waals surface area contributed by atoms with Crippen molar-refractivity contribution < 1.29 is 4.39 Å². The van der Waals surface area contributed by atoms with E-state index in [9.17, 15) is 4.39 Å². The zero-order chi connectivity index (χ0) is 16.2. The Hall–Kier alpha value is -1.20. The molecule has 1 aromatic carbocycles. The largest absolute Gasteiger partial charge is 0.296 e. The second kappa shape index (κ2) is 7.58. The third kappa shape index (κ3) is 4.42.